The lowest BCUT2D eigenvalue weighted by Crippen LogP contribution is -2.12. The third-order valence-corrected chi connectivity index (χ3v) is 12.5. The van der Waals surface area contributed by atoms with Gasteiger partial charge in [0.05, 0.1) is 55.8 Å². The number of hydrogen-bond donors (Lipinski definition) is 0. The van der Waals surface area contributed by atoms with Crippen LogP contribution in [0.5, 0.6) is 0 Å². The zero-order valence-corrected chi connectivity index (χ0v) is 32.5. The average Bonchev–Trinajstić information content (AvgIpc) is 3.98. The largest absolute Gasteiger partial charge is 0.311 e. The van der Waals surface area contributed by atoms with E-state index >= 15 is 0 Å². The Labute approximate surface area is 336 Å². The monoisotopic (exact) mass is 744 g/mol. The Morgan fingerprint density at radius 2 is 0.810 bits per heavy atom. The van der Waals surface area contributed by atoms with Crippen LogP contribution < -0.4 is 0 Å². The van der Waals surface area contributed by atoms with Crippen LogP contribution in [0.25, 0.3) is 100 Å². The van der Waals surface area contributed by atoms with Crippen molar-refractivity contribution in [1.82, 2.24) is 18.3 Å². The van der Waals surface area contributed by atoms with Crippen molar-refractivity contribution in [3.63, 3.8) is 0 Å². The molecule has 7 aromatic carbocycles. The maximum atomic E-state index is 2.58. The summed E-state index contributed by atoms with van der Waals surface area (Å²) in [6.45, 7) is 4.40. The fraction of sp³-hybridized carbons (Fsp3) is 0.0741. The maximum Gasteiger partial charge on any atom is 0.0725 e. The molecule has 4 heteroatoms. The number of hydrogen-bond acceptors (Lipinski definition) is 0. The molecule has 58 heavy (non-hydrogen) atoms. The summed E-state index contributed by atoms with van der Waals surface area (Å²) in [6.07, 6.45) is 11.1. The molecular weight excluding hydrogens is 705 g/mol. The molecule has 1 aliphatic rings. The summed E-state index contributed by atoms with van der Waals surface area (Å²) in [7, 11) is 0. The van der Waals surface area contributed by atoms with Crippen LogP contribution in [-0.2, 0) is 6.42 Å². The number of para-hydroxylation sites is 6. The van der Waals surface area contributed by atoms with Crippen LogP contribution in [0, 0.1) is 6.92 Å². The van der Waals surface area contributed by atoms with Crippen molar-refractivity contribution in [2.45, 2.75) is 26.7 Å². The highest BCUT2D eigenvalue weighted by Crippen LogP contribution is 2.44. The summed E-state index contributed by atoms with van der Waals surface area (Å²) in [4.78, 5) is 0. The van der Waals surface area contributed by atoms with Crippen LogP contribution in [0.15, 0.2) is 170 Å². The normalized spacial score (nSPS) is 13.1. The Hall–Kier alpha value is -7.30. The maximum absolute atomic E-state index is 2.58. The molecule has 276 valence electrons. The number of rotatable bonds is 5. The van der Waals surface area contributed by atoms with Gasteiger partial charge in [-0.2, -0.15) is 0 Å². The van der Waals surface area contributed by atoms with Crippen LogP contribution in [0.1, 0.15) is 35.9 Å². The first kappa shape index (κ1) is 32.9. The summed E-state index contributed by atoms with van der Waals surface area (Å²) >= 11 is 0. The van der Waals surface area contributed by atoms with E-state index in [1.807, 2.05) is 0 Å². The smallest absolute Gasteiger partial charge is 0.0725 e. The molecule has 0 amide bonds. The van der Waals surface area contributed by atoms with Gasteiger partial charge < -0.3 is 18.3 Å². The minimum absolute atomic E-state index is 0.967. The van der Waals surface area contributed by atoms with Gasteiger partial charge >= 0.3 is 0 Å². The molecule has 0 aliphatic heterocycles. The zero-order valence-electron chi connectivity index (χ0n) is 32.5. The third-order valence-electron chi connectivity index (χ3n) is 12.5. The summed E-state index contributed by atoms with van der Waals surface area (Å²) < 4.78 is 10.1. The van der Waals surface area contributed by atoms with Gasteiger partial charge in [-0.05, 0) is 75.2 Å². The molecule has 1 aliphatic carbocycles. The van der Waals surface area contributed by atoms with E-state index in [4.69, 9.17) is 0 Å². The second-order valence-electron chi connectivity index (χ2n) is 15.6. The van der Waals surface area contributed by atoms with E-state index in [9.17, 15) is 0 Å². The van der Waals surface area contributed by atoms with E-state index in [0.717, 1.165) is 35.6 Å². The zero-order chi connectivity index (χ0) is 38.5. The van der Waals surface area contributed by atoms with Gasteiger partial charge in [0.2, 0.25) is 0 Å². The first-order valence-electron chi connectivity index (χ1n) is 20.4. The molecule has 0 radical (unpaired) electrons. The van der Waals surface area contributed by atoms with Gasteiger partial charge in [-0.25, -0.2) is 0 Å². The van der Waals surface area contributed by atoms with Crippen LogP contribution >= 0.6 is 0 Å². The average molecular weight is 745 g/mol. The predicted octanol–water partition coefficient (Wildman–Crippen LogP) is 14.1. The summed E-state index contributed by atoms with van der Waals surface area (Å²) in [5, 5.41) is 7.51. The molecule has 4 aromatic heterocycles. The van der Waals surface area contributed by atoms with Crippen LogP contribution in [0.4, 0.5) is 0 Å². The summed E-state index contributed by atoms with van der Waals surface area (Å²) in [6, 6.07) is 58.4. The Balaban J connectivity index is 1.34. The van der Waals surface area contributed by atoms with Crippen molar-refractivity contribution < 1.29 is 0 Å². The molecule has 0 fully saturated rings. The summed E-state index contributed by atoms with van der Waals surface area (Å²) in [5.41, 5.74) is 16.8. The van der Waals surface area contributed by atoms with Crippen LogP contribution in [0.3, 0.4) is 0 Å². The standard InChI is InChI=1S/C54H40N4/c1-3-18-36-35(2)55(44-26-11-4-19-37(36)44)51-33-53(57-47-29-14-7-22-40(47)41-23-8-15-30-48(41)57)54(58-49-31-16-9-24-42(49)43-25-10-17-32-50(43)58)34-52(51)56-45-27-12-5-20-38(45)39-21-6-13-28-46(39)56/h3-12,14-27,29-34H,13,28H2,1-2H3/b18-3-. The highest BCUT2D eigenvalue weighted by Gasteiger charge is 2.27. The second kappa shape index (κ2) is 12.6. The van der Waals surface area contributed by atoms with Crippen molar-refractivity contribution >= 4 is 77.6 Å². The highest BCUT2D eigenvalue weighted by molar-refractivity contribution is 6.12. The summed E-state index contributed by atoms with van der Waals surface area (Å²) in [5.74, 6) is 0. The van der Waals surface area contributed by atoms with Crippen LogP contribution in [0.2, 0.25) is 0 Å². The predicted molar refractivity (Wildman–Crippen MR) is 246 cm³/mol. The van der Waals surface area contributed by atoms with Crippen molar-refractivity contribution in [2.75, 3.05) is 0 Å². The molecule has 0 atom stereocenters. The minimum Gasteiger partial charge on any atom is -0.311 e. The van der Waals surface area contributed by atoms with Crippen LogP contribution in [-0.4, -0.2) is 18.3 Å². The van der Waals surface area contributed by atoms with Gasteiger partial charge in [0, 0.05) is 54.8 Å². The molecule has 0 bridgehead atoms. The Morgan fingerprint density at radius 1 is 0.431 bits per heavy atom. The molecule has 0 saturated heterocycles. The fourth-order valence-electron chi connectivity index (χ4n) is 10.2. The Morgan fingerprint density at radius 3 is 1.29 bits per heavy atom. The molecule has 12 rings (SSSR count). The van der Waals surface area contributed by atoms with Gasteiger partial charge in [-0.15, -0.1) is 0 Å². The molecule has 0 N–H and O–H groups in total. The SMILES string of the molecule is C/C=C\c1c(C)n(-c2cc(-n3c4ccccc4c4ccccc43)c(-n3c4ccccc4c4ccccc43)cc2-n2c3c(c4ccccc42)C=CCC3)c2ccccc12. The first-order chi connectivity index (χ1) is 28.7. The van der Waals surface area contributed by atoms with E-state index in [2.05, 4.69) is 214 Å². The van der Waals surface area contributed by atoms with Gasteiger partial charge in [0.25, 0.3) is 0 Å². The van der Waals surface area contributed by atoms with Gasteiger partial charge in [-0.3, -0.25) is 0 Å². The van der Waals surface area contributed by atoms with E-state index in [1.165, 1.54) is 87.9 Å². The van der Waals surface area contributed by atoms with E-state index in [0.29, 0.717) is 0 Å². The van der Waals surface area contributed by atoms with Gasteiger partial charge in [-0.1, -0.05) is 133 Å². The van der Waals surface area contributed by atoms with Crippen molar-refractivity contribution in [3.8, 4) is 22.7 Å². The molecule has 11 aromatic rings. The fourth-order valence-corrected chi connectivity index (χ4v) is 10.2. The first-order valence-corrected chi connectivity index (χ1v) is 20.4. The molecule has 0 spiro atoms. The molecule has 4 nitrogen and oxygen atoms in total. The number of benzene rings is 7. The van der Waals surface area contributed by atoms with Crippen molar-refractivity contribution in [3.05, 3.63) is 192 Å². The van der Waals surface area contributed by atoms with Crippen molar-refractivity contribution in [2.24, 2.45) is 0 Å². The molecular formula is C54H40N4. The minimum atomic E-state index is 0.967. The lowest BCUT2D eigenvalue weighted by atomic mass is 10.0. The quantitative estimate of drug-likeness (QED) is 0.167. The number of nitrogens with zero attached hydrogens (tertiary/aromatic N) is 4. The van der Waals surface area contributed by atoms with E-state index in [1.54, 1.807) is 0 Å². The Kier molecular flexibility index (Phi) is 7.15. The Bertz CT molecular complexity index is 3430. The topological polar surface area (TPSA) is 19.7 Å². The molecule has 0 unspecified atom stereocenters. The lowest BCUT2D eigenvalue weighted by molar-refractivity contribution is 0.877. The number of aromatic nitrogens is 4. The number of allylic oxidation sites excluding steroid dienone is 2. The van der Waals surface area contributed by atoms with Gasteiger partial charge in [0.1, 0.15) is 0 Å². The third kappa shape index (κ3) is 4.51. The lowest BCUT2D eigenvalue weighted by Gasteiger charge is -2.24. The second-order valence-corrected chi connectivity index (χ2v) is 15.6. The van der Waals surface area contributed by atoms with E-state index < -0.39 is 0 Å². The molecule has 0 saturated carbocycles. The molecule has 4 heterocycles. The van der Waals surface area contributed by atoms with E-state index in [-0.39, 0.29) is 0 Å². The van der Waals surface area contributed by atoms with Crippen molar-refractivity contribution in [1.29, 1.82) is 0 Å². The highest BCUT2D eigenvalue weighted by atomic mass is 15.1. The number of fused-ring (bicyclic) bond motifs is 10. The van der Waals surface area contributed by atoms with Gasteiger partial charge in [0.15, 0.2) is 0 Å².